The van der Waals surface area contributed by atoms with Gasteiger partial charge >= 0.3 is 5.97 Å². The fourth-order valence-electron chi connectivity index (χ4n) is 3.73. The van der Waals surface area contributed by atoms with Crippen LogP contribution in [0, 0.1) is 0 Å². The Morgan fingerprint density at radius 1 is 1.19 bits per heavy atom. The molecule has 1 aliphatic heterocycles. The molecule has 32 heavy (non-hydrogen) atoms. The third-order valence-corrected chi connectivity index (χ3v) is 7.16. The molecule has 0 saturated carbocycles. The molecule has 7 nitrogen and oxygen atoms in total. The van der Waals surface area contributed by atoms with E-state index in [0.29, 0.717) is 22.3 Å². The van der Waals surface area contributed by atoms with Gasteiger partial charge in [0.05, 0.1) is 29.3 Å². The van der Waals surface area contributed by atoms with Crippen molar-refractivity contribution >= 4 is 40.0 Å². The molecule has 3 aromatic rings. The van der Waals surface area contributed by atoms with Crippen LogP contribution in [0.2, 0.25) is 0 Å². The van der Waals surface area contributed by atoms with Crippen LogP contribution in [0.4, 0.5) is 5.00 Å². The second-order valence-corrected chi connectivity index (χ2v) is 9.43. The Bertz CT molecular complexity index is 1070. The molecular weight excluding hydrogens is 444 g/mol. The van der Waals surface area contributed by atoms with Gasteiger partial charge in [-0.25, -0.2) is 14.8 Å². The quantitative estimate of drug-likeness (QED) is 0.300. The van der Waals surface area contributed by atoms with Crippen molar-refractivity contribution in [2.45, 2.75) is 31.6 Å². The van der Waals surface area contributed by atoms with Crippen molar-refractivity contribution in [3.05, 3.63) is 70.4 Å². The van der Waals surface area contributed by atoms with Crippen LogP contribution in [0.5, 0.6) is 0 Å². The van der Waals surface area contributed by atoms with Crippen molar-refractivity contribution in [2.75, 3.05) is 24.2 Å². The molecule has 3 heterocycles. The van der Waals surface area contributed by atoms with Crippen molar-refractivity contribution in [3.8, 4) is 0 Å². The average Bonchev–Trinajstić information content (AvgIpc) is 3.16. The third kappa shape index (κ3) is 5.53. The number of anilines is 1. The van der Waals surface area contributed by atoms with Gasteiger partial charge in [-0.2, -0.15) is 0 Å². The highest BCUT2D eigenvalue weighted by Crippen LogP contribution is 2.35. The fourth-order valence-corrected chi connectivity index (χ4v) is 5.66. The van der Waals surface area contributed by atoms with Gasteiger partial charge in [-0.05, 0) is 18.6 Å². The molecular formula is C23H25N4O3S2+. The molecule has 0 fully saturated rings. The molecule has 0 aliphatic carbocycles. The Morgan fingerprint density at radius 2 is 1.97 bits per heavy atom. The van der Waals surface area contributed by atoms with Crippen molar-refractivity contribution in [1.29, 1.82) is 0 Å². The Labute approximate surface area is 195 Å². The molecule has 2 aromatic heterocycles. The largest absolute Gasteiger partial charge is 0.462 e. The van der Waals surface area contributed by atoms with Crippen LogP contribution < -0.4 is 10.2 Å². The number of benzene rings is 1. The first kappa shape index (κ1) is 22.4. The van der Waals surface area contributed by atoms with E-state index in [0.717, 1.165) is 36.5 Å². The molecule has 1 aromatic carbocycles. The lowest BCUT2D eigenvalue weighted by Crippen LogP contribution is -3.10. The van der Waals surface area contributed by atoms with Gasteiger partial charge in [-0.3, -0.25) is 4.79 Å². The number of nitrogens with one attached hydrogen (secondary N) is 2. The maximum Gasteiger partial charge on any atom is 0.341 e. The van der Waals surface area contributed by atoms with Crippen LogP contribution in [0.15, 0.2) is 53.9 Å². The van der Waals surface area contributed by atoms with Gasteiger partial charge in [0.1, 0.15) is 18.1 Å². The molecule has 9 heteroatoms. The SMILES string of the molecule is CCOC(=O)c1c(NC(=O)CSc2ncccn2)sc2c1CC[NH+](Cc1ccccc1)C2. The van der Waals surface area contributed by atoms with Crippen LogP contribution >= 0.6 is 23.1 Å². The first-order chi connectivity index (χ1) is 15.6. The second kappa shape index (κ2) is 10.7. The summed E-state index contributed by atoms with van der Waals surface area (Å²) in [5.74, 6) is -0.397. The van der Waals surface area contributed by atoms with E-state index in [-0.39, 0.29) is 17.6 Å². The van der Waals surface area contributed by atoms with Crippen molar-refractivity contribution in [2.24, 2.45) is 0 Å². The Balaban J connectivity index is 1.49. The maximum atomic E-state index is 12.7. The zero-order valence-electron chi connectivity index (χ0n) is 17.8. The lowest BCUT2D eigenvalue weighted by atomic mass is 10.0. The number of rotatable bonds is 8. The fraction of sp³-hybridized carbons (Fsp3) is 0.304. The summed E-state index contributed by atoms with van der Waals surface area (Å²) in [4.78, 5) is 36.2. The van der Waals surface area contributed by atoms with E-state index in [1.54, 1.807) is 25.4 Å². The van der Waals surface area contributed by atoms with Gasteiger partial charge < -0.3 is 15.0 Å². The van der Waals surface area contributed by atoms with E-state index in [9.17, 15) is 9.59 Å². The highest BCUT2D eigenvalue weighted by molar-refractivity contribution is 7.99. The van der Waals surface area contributed by atoms with Crippen molar-refractivity contribution in [3.63, 3.8) is 0 Å². The van der Waals surface area contributed by atoms with Crippen LogP contribution in [-0.2, 0) is 29.0 Å². The number of thiophene rings is 1. The number of thioether (sulfide) groups is 1. The Hall–Kier alpha value is -2.75. The second-order valence-electron chi connectivity index (χ2n) is 7.39. The number of esters is 1. The summed E-state index contributed by atoms with van der Waals surface area (Å²) in [5, 5.41) is 4.05. The minimum Gasteiger partial charge on any atom is -0.462 e. The highest BCUT2D eigenvalue weighted by atomic mass is 32.2. The number of carbonyl (C=O) groups excluding carboxylic acids is 2. The van der Waals surface area contributed by atoms with Crippen molar-refractivity contribution < 1.29 is 19.2 Å². The van der Waals surface area contributed by atoms with E-state index in [1.807, 2.05) is 6.07 Å². The van der Waals surface area contributed by atoms with E-state index < -0.39 is 0 Å². The number of hydrogen-bond acceptors (Lipinski definition) is 7. The molecule has 0 bridgehead atoms. The summed E-state index contributed by atoms with van der Waals surface area (Å²) in [5.41, 5.74) is 2.82. The predicted octanol–water partition coefficient (Wildman–Crippen LogP) is 2.59. The first-order valence-electron chi connectivity index (χ1n) is 10.5. The monoisotopic (exact) mass is 469 g/mol. The molecule has 4 rings (SSSR count). The van der Waals surface area contributed by atoms with E-state index in [1.165, 1.54) is 33.6 Å². The normalized spacial score (nSPS) is 15.1. The number of hydrogen-bond donors (Lipinski definition) is 2. The zero-order chi connectivity index (χ0) is 22.3. The van der Waals surface area contributed by atoms with Gasteiger partial charge in [-0.15, -0.1) is 11.3 Å². The lowest BCUT2D eigenvalue weighted by Gasteiger charge is -2.24. The number of aromatic nitrogens is 2. The lowest BCUT2D eigenvalue weighted by molar-refractivity contribution is -0.929. The van der Waals surface area contributed by atoms with E-state index in [2.05, 4.69) is 39.6 Å². The molecule has 1 unspecified atom stereocenters. The van der Waals surface area contributed by atoms with E-state index in [4.69, 9.17) is 4.74 Å². The number of carbonyl (C=O) groups is 2. The topological polar surface area (TPSA) is 85.6 Å². The van der Waals surface area contributed by atoms with Gasteiger partial charge in [0, 0.05) is 24.4 Å². The Kier molecular flexibility index (Phi) is 7.51. The highest BCUT2D eigenvalue weighted by Gasteiger charge is 2.31. The number of quaternary nitrogens is 1. The number of fused-ring (bicyclic) bond motifs is 1. The van der Waals surface area contributed by atoms with Crippen LogP contribution in [0.3, 0.4) is 0 Å². The van der Waals surface area contributed by atoms with Crippen molar-refractivity contribution in [1.82, 2.24) is 9.97 Å². The zero-order valence-corrected chi connectivity index (χ0v) is 19.4. The molecule has 2 N–H and O–H groups in total. The van der Waals surface area contributed by atoms with E-state index >= 15 is 0 Å². The smallest absolute Gasteiger partial charge is 0.341 e. The summed E-state index contributed by atoms with van der Waals surface area (Å²) in [7, 11) is 0. The molecule has 1 atom stereocenters. The molecule has 1 amide bonds. The summed E-state index contributed by atoms with van der Waals surface area (Å²) in [6, 6.07) is 12.1. The molecule has 166 valence electrons. The van der Waals surface area contributed by atoms with Gasteiger partial charge in [-0.1, -0.05) is 42.1 Å². The molecule has 1 aliphatic rings. The van der Waals surface area contributed by atoms with Gasteiger partial charge in [0.25, 0.3) is 0 Å². The van der Waals surface area contributed by atoms with Crippen LogP contribution in [0.1, 0.15) is 33.3 Å². The van der Waals surface area contributed by atoms with Crippen LogP contribution in [-0.4, -0.2) is 40.7 Å². The summed E-state index contributed by atoms with van der Waals surface area (Å²) < 4.78 is 5.31. The maximum absolute atomic E-state index is 12.7. The van der Waals surface area contributed by atoms with Gasteiger partial charge in [0.2, 0.25) is 5.91 Å². The molecule has 0 saturated heterocycles. The first-order valence-corrected chi connectivity index (χ1v) is 12.3. The number of amides is 1. The number of ether oxygens (including phenoxy) is 1. The Morgan fingerprint density at radius 3 is 2.72 bits per heavy atom. The summed E-state index contributed by atoms with van der Waals surface area (Å²) in [6.07, 6.45) is 4.07. The minimum absolute atomic E-state index is 0.167. The minimum atomic E-state index is -0.370. The number of nitrogens with zero attached hydrogens (tertiary/aromatic N) is 2. The van der Waals surface area contributed by atoms with Gasteiger partial charge in [0.15, 0.2) is 5.16 Å². The third-order valence-electron chi connectivity index (χ3n) is 5.13. The summed E-state index contributed by atoms with van der Waals surface area (Å²) >= 11 is 2.75. The summed E-state index contributed by atoms with van der Waals surface area (Å²) in [6.45, 7) is 4.77. The van der Waals surface area contributed by atoms with Crippen LogP contribution in [0.25, 0.3) is 0 Å². The molecule has 0 spiro atoms. The molecule has 0 radical (unpaired) electrons. The standard InChI is InChI=1S/C23H24N4O3S2/c1-2-30-22(29)20-17-9-12-27(13-16-7-4-3-5-8-16)14-18(17)32-21(20)26-19(28)15-31-23-24-10-6-11-25-23/h3-8,10-11H,2,9,12-15H2,1H3,(H,26,28)/p+1. The predicted molar refractivity (Wildman–Crippen MR) is 125 cm³/mol. The average molecular weight is 470 g/mol.